The van der Waals surface area contributed by atoms with Crippen molar-refractivity contribution in [1.82, 2.24) is 0 Å². The number of aliphatic hydroxyl groups is 1. The van der Waals surface area contributed by atoms with Crippen LogP contribution in [0.15, 0.2) is 6.07 Å². The zero-order valence-corrected chi connectivity index (χ0v) is 12.8. The fraction of sp³-hybridized carbons (Fsp3) is 0.600. The van der Waals surface area contributed by atoms with Gasteiger partial charge in [-0.05, 0) is 61.9 Å². The Bertz CT molecular complexity index is 576. The molecule has 1 aromatic carbocycles. The number of hydrogen-bond acceptors (Lipinski definition) is 3. The molecule has 1 N–H and O–H groups in total. The molecule has 1 aliphatic heterocycles. The third-order valence-electron chi connectivity index (χ3n) is 4.43. The fourth-order valence-corrected chi connectivity index (χ4v) is 4.83. The number of benzene rings is 1. The van der Waals surface area contributed by atoms with E-state index in [1.807, 2.05) is 27.7 Å². The van der Waals surface area contributed by atoms with Crippen LogP contribution in [0.25, 0.3) is 0 Å². The first-order valence-corrected chi connectivity index (χ1v) is 8.51. The molecule has 106 valence electrons. The molecule has 1 aromatic rings. The van der Waals surface area contributed by atoms with Crippen LogP contribution >= 0.6 is 0 Å². The number of aryl methyl sites for hydroxylation is 2. The minimum absolute atomic E-state index is 0.111. The smallest absolute Gasteiger partial charge is 0.150 e. The standard InChI is InChI=1S/C15H22O3S/c1-9-7-10(2)12(4)14(11(9)3)15(16)13-5-6-19(17,18)8-13/h7,13,15-16H,5-6,8H2,1-4H3. The SMILES string of the molecule is Cc1cc(C)c(C)c(C(O)C2CCS(=O)(=O)C2)c1C. The summed E-state index contributed by atoms with van der Waals surface area (Å²) in [5.41, 5.74) is 5.40. The Balaban J connectivity index is 2.42. The van der Waals surface area contributed by atoms with E-state index in [9.17, 15) is 13.5 Å². The highest BCUT2D eigenvalue weighted by molar-refractivity contribution is 7.91. The van der Waals surface area contributed by atoms with Crippen molar-refractivity contribution in [2.24, 2.45) is 5.92 Å². The first-order valence-electron chi connectivity index (χ1n) is 6.68. The van der Waals surface area contributed by atoms with Crippen LogP contribution in [0.2, 0.25) is 0 Å². The Morgan fingerprint density at radius 2 is 1.68 bits per heavy atom. The summed E-state index contributed by atoms with van der Waals surface area (Å²) in [6, 6.07) is 2.12. The van der Waals surface area contributed by atoms with Crippen LogP contribution in [-0.4, -0.2) is 25.0 Å². The molecule has 0 bridgehead atoms. The van der Waals surface area contributed by atoms with Gasteiger partial charge in [-0.3, -0.25) is 0 Å². The Labute approximate surface area is 115 Å². The average molecular weight is 282 g/mol. The maximum Gasteiger partial charge on any atom is 0.150 e. The largest absolute Gasteiger partial charge is 0.388 e. The van der Waals surface area contributed by atoms with Gasteiger partial charge in [0.05, 0.1) is 17.6 Å². The quantitative estimate of drug-likeness (QED) is 0.906. The molecule has 2 atom stereocenters. The second-order valence-electron chi connectivity index (χ2n) is 5.78. The zero-order chi connectivity index (χ0) is 14.4. The van der Waals surface area contributed by atoms with Crippen molar-refractivity contribution in [3.63, 3.8) is 0 Å². The van der Waals surface area contributed by atoms with Gasteiger partial charge in [0, 0.05) is 5.92 Å². The Morgan fingerprint density at radius 3 is 2.11 bits per heavy atom. The van der Waals surface area contributed by atoms with Crippen LogP contribution in [0.5, 0.6) is 0 Å². The van der Waals surface area contributed by atoms with Crippen LogP contribution in [0.4, 0.5) is 0 Å². The highest BCUT2D eigenvalue weighted by atomic mass is 32.2. The molecule has 0 aromatic heterocycles. The molecule has 2 unspecified atom stereocenters. The van der Waals surface area contributed by atoms with Gasteiger partial charge in [-0.2, -0.15) is 0 Å². The third-order valence-corrected chi connectivity index (χ3v) is 6.23. The Hall–Kier alpha value is -0.870. The van der Waals surface area contributed by atoms with Crippen molar-refractivity contribution in [3.8, 4) is 0 Å². The van der Waals surface area contributed by atoms with Gasteiger partial charge in [0.25, 0.3) is 0 Å². The zero-order valence-electron chi connectivity index (χ0n) is 12.0. The molecule has 0 saturated carbocycles. The second-order valence-corrected chi connectivity index (χ2v) is 8.01. The van der Waals surface area contributed by atoms with E-state index in [0.717, 1.165) is 27.8 Å². The lowest BCUT2D eigenvalue weighted by molar-refractivity contribution is 0.119. The number of sulfone groups is 1. The number of rotatable bonds is 2. The molecular formula is C15H22O3S. The van der Waals surface area contributed by atoms with Gasteiger partial charge < -0.3 is 5.11 Å². The van der Waals surface area contributed by atoms with Crippen molar-refractivity contribution < 1.29 is 13.5 Å². The maximum atomic E-state index is 11.6. The van der Waals surface area contributed by atoms with Crippen LogP contribution in [-0.2, 0) is 9.84 Å². The molecule has 0 spiro atoms. The van der Waals surface area contributed by atoms with Crippen molar-refractivity contribution in [2.75, 3.05) is 11.5 Å². The maximum absolute atomic E-state index is 11.6. The molecule has 0 amide bonds. The Morgan fingerprint density at radius 1 is 1.16 bits per heavy atom. The van der Waals surface area contributed by atoms with E-state index >= 15 is 0 Å². The number of hydrogen-bond donors (Lipinski definition) is 1. The highest BCUT2D eigenvalue weighted by Gasteiger charge is 2.35. The van der Waals surface area contributed by atoms with Crippen LogP contribution < -0.4 is 0 Å². The summed E-state index contributed by atoms with van der Waals surface area (Å²) in [6.07, 6.45) is -0.106. The van der Waals surface area contributed by atoms with Gasteiger partial charge >= 0.3 is 0 Å². The third kappa shape index (κ3) is 2.70. The van der Waals surface area contributed by atoms with Crippen LogP contribution in [0.3, 0.4) is 0 Å². The average Bonchev–Trinajstić information content (AvgIpc) is 2.67. The summed E-state index contributed by atoms with van der Waals surface area (Å²) >= 11 is 0. The molecule has 1 saturated heterocycles. The normalized spacial score (nSPS) is 23.5. The lowest BCUT2D eigenvalue weighted by Gasteiger charge is -2.23. The minimum Gasteiger partial charge on any atom is -0.388 e. The van der Waals surface area contributed by atoms with E-state index in [1.54, 1.807) is 0 Å². The lowest BCUT2D eigenvalue weighted by atomic mass is 9.85. The first kappa shape index (κ1) is 14.5. The predicted molar refractivity (Wildman–Crippen MR) is 77.1 cm³/mol. The fourth-order valence-electron chi connectivity index (χ4n) is 3.00. The predicted octanol–water partition coefficient (Wildman–Crippen LogP) is 2.39. The molecule has 1 heterocycles. The molecule has 19 heavy (non-hydrogen) atoms. The summed E-state index contributed by atoms with van der Waals surface area (Å²) in [5.74, 6) is 0.154. The summed E-state index contributed by atoms with van der Waals surface area (Å²) in [4.78, 5) is 0. The monoisotopic (exact) mass is 282 g/mol. The van der Waals surface area contributed by atoms with Gasteiger partial charge in [-0.15, -0.1) is 0 Å². The van der Waals surface area contributed by atoms with E-state index < -0.39 is 15.9 Å². The van der Waals surface area contributed by atoms with E-state index in [1.165, 1.54) is 0 Å². The number of aliphatic hydroxyl groups excluding tert-OH is 1. The van der Waals surface area contributed by atoms with Gasteiger partial charge in [0.15, 0.2) is 9.84 Å². The lowest BCUT2D eigenvalue weighted by Crippen LogP contribution is -2.17. The summed E-state index contributed by atoms with van der Waals surface area (Å²) in [5, 5.41) is 10.6. The van der Waals surface area contributed by atoms with E-state index in [2.05, 4.69) is 6.07 Å². The molecule has 4 heteroatoms. The highest BCUT2D eigenvalue weighted by Crippen LogP contribution is 2.36. The second kappa shape index (κ2) is 4.91. The van der Waals surface area contributed by atoms with Crippen molar-refractivity contribution in [2.45, 2.75) is 40.2 Å². The van der Waals surface area contributed by atoms with Gasteiger partial charge in [-0.1, -0.05) is 6.07 Å². The van der Waals surface area contributed by atoms with Gasteiger partial charge in [-0.25, -0.2) is 8.42 Å². The summed E-state index contributed by atoms with van der Waals surface area (Å²) in [7, 11) is -2.95. The topological polar surface area (TPSA) is 54.4 Å². The van der Waals surface area contributed by atoms with Gasteiger partial charge in [0.2, 0.25) is 0 Å². The minimum atomic E-state index is -2.95. The van der Waals surface area contributed by atoms with E-state index in [-0.39, 0.29) is 17.4 Å². The van der Waals surface area contributed by atoms with E-state index in [0.29, 0.717) is 6.42 Å². The molecule has 1 aliphatic rings. The van der Waals surface area contributed by atoms with Crippen LogP contribution in [0.1, 0.15) is 40.3 Å². The molecule has 2 rings (SSSR count). The Kier molecular flexibility index (Phi) is 3.76. The molecule has 0 radical (unpaired) electrons. The molecular weight excluding hydrogens is 260 g/mol. The van der Waals surface area contributed by atoms with Gasteiger partial charge in [0.1, 0.15) is 0 Å². The van der Waals surface area contributed by atoms with Crippen molar-refractivity contribution >= 4 is 9.84 Å². The first-order chi connectivity index (χ1) is 8.73. The summed E-state index contributed by atoms with van der Waals surface area (Å²) < 4.78 is 23.1. The molecule has 0 aliphatic carbocycles. The molecule has 1 fully saturated rings. The molecule has 3 nitrogen and oxygen atoms in total. The van der Waals surface area contributed by atoms with E-state index in [4.69, 9.17) is 0 Å². The van der Waals surface area contributed by atoms with Crippen molar-refractivity contribution in [1.29, 1.82) is 0 Å². The van der Waals surface area contributed by atoms with Crippen LogP contribution in [0, 0.1) is 33.6 Å². The van der Waals surface area contributed by atoms with Crippen molar-refractivity contribution in [3.05, 3.63) is 33.9 Å². The summed E-state index contributed by atoms with van der Waals surface area (Å²) in [6.45, 7) is 8.07.